The van der Waals surface area contributed by atoms with Crippen LogP contribution in [0.4, 0.5) is 11.4 Å². The number of nitrogens with zero attached hydrogens (tertiary/aromatic N) is 3. The lowest BCUT2D eigenvalue weighted by Crippen LogP contribution is -2.31. The molecule has 47 heavy (non-hydrogen) atoms. The molecule has 2 aliphatic rings. The zero-order chi connectivity index (χ0) is 33.2. The lowest BCUT2D eigenvalue weighted by molar-refractivity contribution is 0.0949. The predicted octanol–water partition coefficient (Wildman–Crippen LogP) is 7.32. The number of aryl methyl sites for hydroxylation is 3. The van der Waals surface area contributed by atoms with Crippen molar-refractivity contribution in [1.82, 2.24) is 14.9 Å². The van der Waals surface area contributed by atoms with E-state index in [9.17, 15) is 14.4 Å². The number of benzene rings is 5. The van der Waals surface area contributed by atoms with Gasteiger partial charge in [0.25, 0.3) is 11.8 Å². The normalized spacial score (nSPS) is 11.3. The second-order valence-corrected chi connectivity index (χ2v) is 11.8. The lowest BCUT2D eigenvalue weighted by Gasteiger charge is -2.25. The molecule has 0 aromatic heterocycles. The summed E-state index contributed by atoms with van der Waals surface area (Å²) in [7, 11) is 0. The molecule has 0 saturated heterocycles. The van der Waals surface area contributed by atoms with E-state index < -0.39 is 11.3 Å². The summed E-state index contributed by atoms with van der Waals surface area (Å²) < 4.78 is 2.01. The summed E-state index contributed by atoms with van der Waals surface area (Å²) in [6.45, 7) is 12.7. The number of anilines is 2. The Hall–Kier alpha value is -5.50. The average molecular weight is 626 g/mol. The maximum Gasteiger partial charge on any atom is 0.257 e. The number of amides is 2. The predicted molar refractivity (Wildman–Crippen MR) is 191 cm³/mol. The molecule has 0 unspecified atom stereocenters. The maximum atomic E-state index is 14.5. The van der Waals surface area contributed by atoms with Crippen LogP contribution in [0.2, 0.25) is 0 Å². The van der Waals surface area contributed by atoms with Gasteiger partial charge in [0, 0.05) is 48.2 Å². The average Bonchev–Trinajstić information content (AvgIpc) is 3.08. The van der Waals surface area contributed by atoms with Crippen molar-refractivity contribution in [2.24, 2.45) is 0 Å². The Labute approximate surface area is 274 Å². The van der Waals surface area contributed by atoms with E-state index in [1.807, 2.05) is 55.7 Å². The Bertz CT molecular complexity index is 2170. The van der Waals surface area contributed by atoms with Crippen LogP contribution in [-0.4, -0.2) is 34.5 Å². The fourth-order valence-corrected chi connectivity index (χ4v) is 6.43. The van der Waals surface area contributed by atoms with Crippen molar-refractivity contribution < 1.29 is 9.59 Å². The third kappa shape index (κ3) is 5.83. The van der Waals surface area contributed by atoms with Crippen molar-refractivity contribution in [3.05, 3.63) is 123 Å². The van der Waals surface area contributed by atoms with Crippen molar-refractivity contribution in [2.75, 3.05) is 23.3 Å². The highest BCUT2D eigenvalue weighted by Crippen LogP contribution is 2.38. The van der Waals surface area contributed by atoms with Gasteiger partial charge in [0.1, 0.15) is 5.56 Å². The second kappa shape index (κ2) is 13.1. The quantitative estimate of drug-likeness (QED) is 0.130. The zero-order valence-electron chi connectivity index (χ0n) is 27.5. The second-order valence-electron chi connectivity index (χ2n) is 11.8. The number of rotatable bonds is 9. The number of hydrogen-bond donors (Lipinski definition) is 2. The molecule has 4 aromatic rings. The fourth-order valence-electron chi connectivity index (χ4n) is 6.43. The Morgan fingerprint density at radius 1 is 0.851 bits per heavy atom. The molecule has 0 fully saturated rings. The molecule has 0 bridgehead atoms. The van der Waals surface area contributed by atoms with Crippen molar-refractivity contribution in [2.45, 2.75) is 47.7 Å². The van der Waals surface area contributed by atoms with Crippen LogP contribution in [0.1, 0.15) is 58.2 Å². The smallest absolute Gasteiger partial charge is 0.257 e. The van der Waals surface area contributed by atoms with Gasteiger partial charge in [-0.25, -0.2) is 4.98 Å². The number of fused-ring (bicyclic) bond motifs is 4. The summed E-state index contributed by atoms with van der Waals surface area (Å²) in [4.78, 5) is 49.3. The minimum atomic E-state index is -0.469. The van der Waals surface area contributed by atoms with E-state index in [2.05, 4.69) is 41.5 Å². The van der Waals surface area contributed by atoms with Gasteiger partial charge in [-0.05, 0) is 82.1 Å². The van der Waals surface area contributed by atoms with Crippen molar-refractivity contribution >= 4 is 45.0 Å². The van der Waals surface area contributed by atoms with Crippen molar-refractivity contribution in [3.8, 4) is 11.4 Å². The first-order valence-corrected chi connectivity index (χ1v) is 16.1. The molecule has 4 aromatic carbocycles. The van der Waals surface area contributed by atoms with Gasteiger partial charge in [-0.15, -0.1) is 0 Å². The molecule has 1 aliphatic heterocycles. The van der Waals surface area contributed by atoms with Gasteiger partial charge in [0.05, 0.1) is 28.1 Å². The molecular weight excluding hydrogens is 586 g/mol. The summed E-state index contributed by atoms with van der Waals surface area (Å²) in [5.41, 5.74) is 7.24. The van der Waals surface area contributed by atoms with Gasteiger partial charge in [-0.2, -0.15) is 0 Å². The molecule has 238 valence electrons. The topological polar surface area (TPSA) is 96.3 Å². The van der Waals surface area contributed by atoms with Gasteiger partial charge in [-0.1, -0.05) is 54.1 Å². The highest BCUT2D eigenvalue weighted by Gasteiger charge is 2.29. The van der Waals surface area contributed by atoms with Gasteiger partial charge < -0.3 is 20.1 Å². The van der Waals surface area contributed by atoms with Crippen LogP contribution >= 0.6 is 0 Å². The van der Waals surface area contributed by atoms with E-state index in [-0.39, 0.29) is 18.0 Å². The zero-order valence-corrected chi connectivity index (χ0v) is 27.5. The lowest BCUT2D eigenvalue weighted by atomic mass is 9.95. The first kappa shape index (κ1) is 31.5. The van der Waals surface area contributed by atoms with E-state index in [4.69, 9.17) is 4.98 Å². The summed E-state index contributed by atoms with van der Waals surface area (Å²) in [5.74, 6) is -0.772. The Balaban J connectivity index is 1.61. The molecule has 1 heterocycles. The standard InChI is InChI=1S/C39H39N5O3/c1-6-43(7-2)28-19-20-30-32(22-28)44(8-3)36-34(39(47)40-23-27-18-17-24(4)21-25(27)5)37(45)29-15-12-16-31(33(29)35(36)41-30)42-38(46)26-13-10-9-11-14-26/h9-22H,6-8,23H2,1-5H3,(H,40,47)(H,42,46). The fraction of sp³-hybridized carbons (Fsp3) is 0.231. The number of aromatic nitrogens is 2. The van der Waals surface area contributed by atoms with Gasteiger partial charge in [0.2, 0.25) is 5.43 Å². The molecule has 0 saturated carbocycles. The monoisotopic (exact) mass is 625 g/mol. The Kier molecular flexibility index (Phi) is 8.76. The molecule has 8 heteroatoms. The van der Waals surface area contributed by atoms with Crippen molar-refractivity contribution in [1.29, 1.82) is 0 Å². The van der Waals surface area contributed by atoms with E-state index in [0.717, 1.165) is 46.5 Å². The van der Waals surface area contributed by atoms with Crippen LogP contribution in [0.25, 0.3) is 33.2 Å². The van der Waals surface area contributed by atoms with Crippen LogP contribution in [-0.2, 0) is 13.1 Å². The highest BCUT2D eigenvalue weighted by atomic mass is 16.2. The third-order valence-electron chi connectivity index (χ3n) is 8.88. The molecule has 0 radical (unpaired) electrons. The van der Waals surface area contributed by atoms with E-state index in [0.29, 0.717) is 40.0 Å². The molecule has 0 atom stereocenters. The number of hydrogen-bond acceptors (Lipinski definition) is 5. The van der Waals surface area contributed by atoms with Crippen LogP contribution in [0.3, 0.4) is 0 Å². The SMILES string of the molecule is CCN(CC)c1ccc2nc3c4c(NC(=O)c5ccccc5)cccc4c(=O)c(C(=O)NCc4ccc(C)cc4C)c-3n(CC)c2c1. The maximum absolute atomic E-state index is 14.5. The van der Waals surface area contributed by atoms with Crippen LogP contribution in [0.15, 0.2) is 89.7 Å². The minimum Gasteiger partial charge on any atom is -0.372 e. The van der Waals surface area contributed by atoms with Crippen LogP contribution < -0.4 is 21.0 Å². The molecule has 6 rings (SSSR count). The number of nitrogens with one attached hydrogen (secondary N) is 2. The third-order valence-corrected chi connectivity index (χ3v) is 8.88. The summed E-state index contributed by atoms with van der Waals surface area (Å²) in [6.07, 6.45) is 0. The highest BCUT2D eigenvalue weighted by molar-refractivity contribution is 6.16. The van der Waals surface area contributed by atoms with Gasteiger partial charge in [0.15, 0.2) is 0 Å². The van der Waals surface area contributed by atoms with E-state index >= 15 is 0 Å². The molecule has 0 spiro atoms. The molecule has 2 N–H and O–H groups in total. The summed E-state index contributed by atoms with van der Waals surface area (Å²) in [5, 5.41) is 6.86. The molecule has 1 aliphatic carbocycles. The Morgan fingerprint density at radius 3 is 2.32 bits per heavy atom. The summed E-state index contributed by atoms with van der Waals surface area (Å²) >= 11 is 0. The molecular formula is C39H39N5O3. The van der Waals surface area contributed by atoms with Gasteiger partial charge >= 0.3 is 0 Å². The largest absolute Gasteiger partial charge is 0.372 e. The van der Waals surface area contributed by atoms with Crippen molar-refractivity contribution in [3.63, 3.8) is 0 Å². The number of carbonyl (C=O) groups excluding carboxylic acids is 2. The first-order chi connectivity index (χ1) is 22.7. The summed E-state index contributed by atoms with van der Waals surface area (Å²) in [6, 6.07) is 26.3. The Morgan fingerprint density at radius 2 is 1.62 bits per heavy atom. The van der Waals surface area contributed by atoms with Gasteiger partial charge in [-0.3, -0.25) is 14.4 Å². The first-order valence-electron chi connectivity index (χ1n) is 16.1. The van der Waals surface area contributed by atoms with Crippen LogP contribution in [0, 0.1) is 13.8 Å². The molecule has 2 amide bonds. The number of carbonyl (C=O) groups is 2. The minimum absolute atomic E-state index is 0.0355. The van der Waals surface area contributed by atoms with E-state index in [1.165, 1.54) is 0 Å². The van der Waals surface area contributed by atoms with Crippen LogP contribution in [0.5, 0.6) is 0 Å². The molecule has 8 nitrogen and oxygen atoms in total. The van der Waals surface area contributed by atoms with E-state index in [1.54, 1.807) is 42.5 Å².